The largest absolute Gasteiger partial charge is 0.463 e. The molecular weight excluding hydrogens is 188 g/mol. The van der Waals surface area contributed by atoms with Crippen LogP contribution in [0.3, 0.4) is 0 Å². The quantitative estimate of drug-likeness (QED) is 0.655. The van der Waals surface area contributed by atoms with Gasteiger partial charge in [-0.15, -0.1) is 0 Å². The maximum Gasteiger partial charge on any atom is 0.309 e. The van der Waals surface area contributed by atoms with Crippen molar-refractivity contribution in [3.05, 3.63) is 0 Å². The normalized spacial score (nSPS) is 39.5. The number of rotatable bonds is 2. The Morgan fingerprint density at radius 3 is 2.67 bits per heavy atom. The molecule has 0 bridgehead atoms. The molecule has 2 rings (SSSR count). The Kier molecular flexibility index (Phi) is 3.03. The van der Waals surface area contributed by atoms with Crippen LogP contribution < -0.4 is 0 Å². The molecule has 2 aliphatic carbocycles. The first-order chi connectivity index (χ1) is 7.08. The zero-order valence-corrected chi connectivity index (χ0v) is 10.0. The lowest BCUT2D eigenvalue weighted by Gasteiger charge is -2.16. The monoisotopic (exact) mass is 210 g/mol. The maximum atomic E-state index is 11.9. The molecule has 2 fully saturated rings. The summed E-state index contributed by atoms with van der Waals surface area (Å²) in [4.78, 5) is 11.9. The highest BCUT2D eigenvalue weighted by Crippen LogP contribution is 2.52. The third kappa shape index (κ3) is 2.53. The van der Waals surface area contributed by atoms with Gasteiger partial charge in [-0.3, -0.25) is 4.79 Å². The van der Waals surface area contributed by atoms with E-state index in [-0.39, 0.29) is 18.0 Å². The Hall–Kier alpha value is -0.530. The lowest BCUT2D eigenvalue weighted by atomic mass is 9.96. The number of fused-ring (bicyclic) bond motifs is 1. The molecule has 0 N–H and O–H groups in total. The van der Waals surface area contributed by atoms with E-state index in [2.05, 4.69) is 6.92 Å². The van der Waals surface area contributed by atoms with Crippen molar-refractivity contribution in [1.29, 1.82) is 0 Å². The Labute approximate surface area is 92.4 Å². The molecule has 4 unspecified atom stereocenters. The van der Waals surface area contributed by atoms with E-state index in [4.69, 9.17) is 4.74 Å². The zero-order chi connectivity index (χ0) is 11.0. The van der Waals surface area contributed by atoms with Gasteiger partial charge in [0.05, 0.1) is 12.0 Å². The van der Waals surface area contributed by atoms with Gasteiger partial charge < -0.3 is 4.74 Å². The third-order valence-electron chi connectivity index (χ3n) is 3.82. The van der Waals surface area contributed by atoms with Crippen LogP contribution >= 0.6 is 0 Å². The van der Waals surface area contributed by atoms with Gasteiger partial charge in [0.25, 0.3) is 0 Å². The second-order valence-corrected chi connectivity index (χ2v) is 5.67. The summed E-state index contributed by atoms with van der Waals surface area (Å²) in [5, 5.41) is 0. The van der Waals surface area contributed by atoms with E-state index in [1.54, 1.807) is 0 Å². The number of carbonyl (C=O) groups excluding carboxylic acids is 1. The van der Waals surface area contributed by atoms with Crippen molar-refractivity contribution in [2.24, 2.45) is 23.7 Å². The molecule has 15 heavy (non-hydrogen) atoms. The number of esters is 1. The van der Waals surface area contributed by atoms with E-state index in [1.165, 1.54) is 19.3 Å². The Morgan fingerprint density at radius 1 is 1.27 bits per heavy atom. The highest BCUT2D eigenvalue weighted by atomic mass is 16.5. The highest BCUT2D eigenvalue weighted by molar-refractivity contribution is 5.73. The van der Waals surface area contributed by atoms with Crippen molar-refractivity contribution in [2.75, 3.05) is 0 Å². The van der Waals surface area contributed by atoms with Gasteiger partial charge in [-0.05, 0) is 57.3 Å². The second kappa shape index (κ2) is 4.15. The predicted molar refractivity (Wildman–Crippen MR) is 59.3 cm³/mol. The first-order valence-electron chi connectivity index (χ1n) is 6.28. The first kappa shape index (κ1) is 11.0. The first-order valence-corrected chi connectivity index (χ1v) is 6.28. The van der Waals surface area contributed by atoms with Gasteiger partial charge in [0.1, 0.15) is 0 Å². The minimum Gasteiger partial charge on any atom is -0.463 e. The van der Waals surface area contributed by atoms with Gasteiger partial charge in [0.2, 0.25) is 0 Å². The molecule has 0 aromatic carbocycles. The second-order valence-electron chi connectivity index (χ2n) is 5.67. The molecule has 0 saturated heterocycles. The maximum absolute atomic E-state index is 11.9. The average Bonchev–Trinajstić information content (AvgIpc) is 2.81. The lowest BCUT2D eigenvalue weighted by molar-refractivity contribution is -0.153. The smallest absolute Gasteiger partial charge is 0.309 e. The molecule has 86 valence electrons. The molecule has 0 aliphatic heterocycles. The van der Waals surface area contributed by atoms with Gasteiger partial charge >= 0.3 is 5.97 Å². The fourth-order valence-electron chi connectivity index (χ4n) is 2.96. The molecule has 0 spiro atoms. The standard InChI is InChI=1S/C13H22O2/c1-8(2)15-13(14)11-5-4-9(3)6-10-7-12(10)11/h8-12H,4-7H2,1-3H3. The Morgan fingerprint density at radius 2 is 2.00 bits per heavy atom. The molecule has 2 saturated carbocycles. The summed E-state index contributed by atoms with van der Waals surface area (Å²) in [6.45, 7) is 6.18. The fourth-order valence-corrected chi connectivity index (χ4v) is 2.96. The molecule has 0 amide bonds. The van der Waals surface area contributed by atoms with Crippen molar-refractivity contribution >= 4 is 5.97 Å². The minimum atomic E-state index is 0.0374. The van der Waals surface area contributed by atoms with Crippen molar-refractivity contribution in [3.8, 4) is 0 Å². The van der Waals surface area contributed by atoms with E-state index in [9.17, 15) is 4.79 Å². The van der Waals surface area contributed by atoms with Gasteiger partial charge in [-0.1, -0.05) is 6.92 Å². The summed E-state index contributed by atoms with van der Waals surface area (Å²) in [6, 6.07) is 0. The highest BCUT2D eigenvalue weighted by Gasteiger charge is 2.48. The van der Waals surface area contributed by atoms with Gasteiger partial charge in [0, 0.05) is 0 Å². The Bertz CT molecular complexity index is 247. The van der Waals surface area contributed by atoms with Crippen LogP contribution in [-0.4, -0.2) is 12.1 Å². The minimum absolute atomic E-state index is 0.0374. The van der Waals surface area contributed by atoms with Gasteiger partial charge in [-0.25, -0.2) is 0 Å². The summed E-state index contributed by atoms with van der Waals surface area (Å²) in [7, 11) is 0. The van der Waals surface area contributed by atoms with E-state index >= 15 is 0 Å². The number of ether oxygens (including phenoxy) is 1. The number of carbonyl (C=O) groups is 1. The van der Waals surface area contributed by atoms with Crippen LogP contribution in [0.15, 0.2) is 0 Å². The van der Waals surface area contributed by atoms with Crippen LogP contribution in [0.5, 0.6) is 0 Å². The molecule has 4 atom stereocenters. The predicted octanol–water partition coefficient (Wildman–Crippen LogP) is 3.01. The summed E-state index contributed by atoms with van der Waals surface area (Å²) in [5.74, 6) is 2.55. The average molecular weight is 210 g/mol. The molecular formula is C13H22O2. The molecule has 0 heterocycles. The summed E-state index contributed by atoms with van der Waals surface area (Å²) in [6.07, 6.45) is 4.88. The van der Waals surface area contributed by atoms with Crippen LogP contribution in [0.2, 0.25) is 0 Å². The van der Waals surface area contributed by atoms with Gasteiger partial charge in [-0.2, -0.15) is 0 Å². The van der Waals surface area contributed by atoms with E-state index in [1.807, 2.05) is 13.8 Å². The molecule has 0 aromatic heterocycles. The lowest BCUT2D eigenvalue weighted by Crippen LogP contribution is -2.23. The number of hydrogen-bond acceptors (Lipinski definition) is 2. The molecule has 0 radical (unpaired) electrons. The zero-order valence-electron chi connectivity index (χ0n) is 10.0. The van der Waals surface area contributed by atoms with Crippen LogP contribution in [-0.2, 0) is 9.53 Å². The SMILES string of the molecule is CC1CCC(C(=O)OC(C)C)C2CC2C1. The molecule has 2 nitrogen and oxygen atoms in total. The topological polar surface area (TPSA) is 26.3 Å². The van der Waals surface area contributed by atoms with Crippen LogP contribution in [0.25, 0.3) is 0 Å². The molecule has 2 heteroatoms. The van der Waals surface area contributed by atoms with E-state index in [0.717, 1.165) is 18.3 Å². The summed E-state index contributed by atoms with van der Waals surface area (Å²) >= 11 is 0. The van der Waals surface area contributed by atoms with Crippen LogP contribution in [0.1, 0.15) is 46.5 Å². The van der Waals surface area contributed by atoms with Crippen molar-refractivity contribution in [3.63, 3.8) is 0 Å². The summed E-state index contributed by atoms with van der Waals surface area (Å²) < 4.78 is 5.34. The van der Waals surface area contributed by atoms with Crippen molar-refractivity contribution in [2.45, 2.75) is 52.6 Å². The van der Waals surface area contributed by atoms with Gasteiger partial charge in [0.15, 0.2) is 0 Å². The van der Waals surface area contributed by atoms with Crippen LogP contribution in [0, 0.1) is 23.7 Å². The number of hydrogen-bond donors (Lipinski definition) is 0. The van der Waals surface area contributed by atoms with Crippen LogP contribution in [0.4, 0.5) is 0 Å². The third-order valence-corrected chi connectivity index (χ3v) is 3.82. The van der Waals surface area contributed by atoms with Crippen molar-refractivity contribution < 1.29 is 9.53 Å². The van der Waals surface area contributed by atoms with E-state index < -0.39 is 0 Å². The van der Waals surface area contributed by atoms with E-state index in [0.29, 0.717) is 5.92 Å². The Balaban J connectivity index is 1.94. The molecule has 2 aliphatic rings. The summed E-state index contributed by atoms with van der Waals surface area (Å²) in [5.41, 5.74) is 0. The fraction of sp³-hybridized carbons (Fsp3) is 0.923. The molecule has 0 aromatic rings. The van der Waals surface area contributed by atoms with Crippen molar-refractivity contribution in [1.82, 2.24) is 0 Å².